The fourth-order valence-electron chi connectivity index (χ4n) is 2.11. The number of aromatic nitrogens is 4. The van der Waals surface area contributed by atoms with Gasteiger partial charge in [0.25, 0.3) is 11.1 Å². The molecular weight excluding hydrogens is 330 g/mol. The van der Waals surface area contributed by atoms with Crippen LogP contribution in [0.4, 0.5) is 5.82 Å². The Morgan fingerprint density at radius 3 is 2.87 bits per heavy atom. The van der Waals surface area contributed by atoms with Gasteiger partial charge in [-0.1, -0.05) is 30.0 Å². The van der Waals surface area contributed by atoms with Crippen molar-refractivity contribution in [2.45, 2.75) is 11.0 Å². The molecule has 1 aromatic carbocycles. The van der Waals surface area contributed by atoms with Crippen LogP contribution >= 0.6 is 23.1 Å². The number of benzene rings is 1. The van der Waals surface area contributed by atoms with Gasteiger partial charge in [0.2, 0.25) is 0 Å². The highest BCUT2D eigenvalue weighted by atomic mass is 32.2. The van der Waals surface area contributed by atoms with E-state index < -0.39 is 0 Å². The third-order valence-corrected chi connectivity index (χ3v) is 4.81. The third-order valence-electron chi connectivity index (χ3n) is 3.14. The lowest BCUT2D eigenvalue weighted by molar-refractivity contribution is 0.466. The highest BCUT2D eigenvalue weighted by Crippen LogP contribution is 2.28. The summed E-state index contributed by atoms with van der Waals surface area (Å²) in [5.41, 5.74) is 6.82. The van der Waals surface area contributed by atoms with Crippen molar-refractivity contribution in [3.63, 3.8) is 0 Å². The number of nitrogens with zero attached hydrogens (tertiary/aromatic N) is 4. The molecular formula is C15H11N5OS2. The average molecular weight is 341 g/mol. The molecule has 0 radical (unpaired) electrons. The van der Waals surface area contributed by atoms with E-state index in [1.807, 2.05) is 41.8 Å². The number of nitrogens with two attached hydrogens (primary N) is 1. The quantitative estimate of drug-likeness (QED) is 0.567. The fraction of sp³-hybridized carbons (Fsp3) is 0.0667. The third kappa shape index (κ3) is 2.90. The van der Waals surface area contributed by atoms with E-state index >= 15 is 0 Å². The van der Waals surface area contributed by atoms with Crippen molar-refractivity contribution in [1.82, 2.24) is 20.2 Å². The van der Waals surface area contributed by atoms with E-state index in [4.69, 9.17) is 10.2 Å². The van der Waals surface area contributed by atoms with Crippen LogP contribution in [0.2, 0.25) is 0 Å². The summed E-state index contributed by atoms with van der Waals surface area (Å²) in [5.74, 6) is 2.17. The molecule has 4 rings (SSSR count). The molecule has 0 unspecified atom stereocenters. The number of para-hydroxylation sites is 1. The van der Waals surface area contributed by atoms with Gasteiger partial charge in [-0.05, 0) is 23.6 Å². The summed E-state index contributed by atoms with van der Waals surface area (Å²) < 4.78 is 5.63. The van der Waals surface area contributed by atoms with E-state index in [0.29, 0.717) is 28.5 Å². The van der Waals surface area contributed by atoms with Crippen LogP contribution in [0, 0.1) is 0 Å². The molecule has 0 saturated heterocycles. The van der Waals surface area contributed by atoms with Crippen molar-refractivity contribution in [3.05, 3.63) is 47.6 Å². The molecule has 0 fully saturated rings. The Morgan fingerprint density at radius 2 is 2.00 bits per heavy atom. The first kappa shape index (κ1) is 14.2. The lowest BCUT2D eigenvalue weighted by Crippen LogP contribution is -1.99. The van der Waals surface area contributed by atoms with Gasteiger partial charge in [-0.25, -0.2) is 9.97 Å². The van der Waals surface area contributed by atoms with Crippen molar-refractivity contribution >= 4 is 39.8 Å². The van der Waals surface area contributed by atoms with Gasteiger partial charge in [0.05, 0.1) is 16.1 Å². The molecule has 23 heavy (non-hydrogen) atoms. The summed E-state index contributed by atoms with van der Waals surface area (Å²) in [6.07, 6.45) is 0. The topological polar surface area (TPSA) is 90.7 Å². The summed E-state index contributed by atoms with van der Waals surface area (Å²) in [4.78, 5) is 9.79. The normalized spacial score (nSPS) is 11.1. The van der Waals surface area contributed by atoms with E-state index in [0.717, 1.165) is 15.8 Å². The second-order valence-electron chi connectivity index (χ2n) is 4.68. The minimum atomic E-state index is 0.482. The molecule has 0 saturated carbocycles. The van der Waals surface area contributed by atoms with Gasteiger partial charge in [0, 0.05) is 5.39 Å². The van der Waals surface area contributed by atoms with Gasteiger partial charge in [-0.3, -0.25) is 0 Å². The van der Waals surface area contributed by atoms with Crippen LogP contribution in [-0.2, 0) is 5.75 Å². The van der Waals surface area contributed by atoms with E-state index in [1.54, 1.807) is 11.3 Å². The molecule has 0 aliphatic rings. The summed E-state index contributed by atoms with van der Waals surface area (Å²) in [6.45, 7) is 0. The number of hydrogen-bond acceptors (Lipinski definition) is 8. The zero-order valence-electron chi connectivity index (χ0n) is 11.8. The predicted octanol–water partition coefficient (Wildman–Crippen LogP) is 3.62. The van der Waals surface area contributed by atoms with Gasteiger partial charge >= 0.3 is 0 Å². The molecule has 0 spiro atoms. The van der Waals surface area contributed by atoms with Crippen LogP contribution in [0.5, 0.6) is 0 Å². The fourth-order valence-corrected chi connectivity index (χ4v) is 3.37. The second-order valence-corrected chi connectivity index (χ2v) is 6.56. The zero-order valence-corrected chi connectivity index (χ0v) is 13.5. The molecule has 6 nitrogen and oxygen atoms in total. The van der Waals surface area contributed by atoms with Crippen molar-refractivity contribution in [2.24, 2.45) is 0 Å². The van der Waals surface area contributed by atoms with Crippen LogP contribution in [0.1, 0.15) is 5.82 Å². The zero-order chi connectivity index (χ0) is 15.6. The molecule has 114 valence electrons. The maximum atomic E-state index is 5.98. The maximum absolute atomic E-state index is 5.98. The highest BCUT2D eigenvalue weighted by molar-refractivity contribution is 7.98. The largest absolute Gasteiger partial charge is 0.410 e. The predicted molar refractivity (Wildman–Crippen MR) is 91.1 cm³/mol. The molecule has 0 atom stereocenters. The molecule has 4 aromatic rings. The first-order valence-electron chi connectivity index (χ1n) is 6.81. The molecule has 0 amide bonds. The second kappa shape index (κ2) is 5.98. The Labute approximate surface area is 139 Å². The van der Waals surface area contributed by atoms with Crippen LogP contribution < -0.4 is 5.73 Å². The van der Waals surface area contributed by atoms with E-state index in [-0.39, 0.29) is 0 Å². The average Bonchev–Trinajstić information content (AvgIpc) is 3.24. The smallest absolute Gasteiger partial charge is 0.277 e. The van der Waals surface area contributed by atoms with Crippen molar-refractivity contribution < 1.29 is 4.42 Å². The van der Waals surface area contributed by atoms with Crippen LogP contribution in [-0.4, -0.2) is 20.2 Å². The van der Waals surface area contributed by atoms with Crippen LogP contribution in [0.3, 0.4) is 0 Å². The number of thioether (sulfide) groups is 1. The van der Waals surface area contributed by atoms with E-state index in [2.05, 4.69) is 20.2 Å². The number of nitrogen functional groups attached to an aromatic ring is 1. The number of thiophene rings is 1. The van der Waals surface area contributed by atoms with E-state index in [9.17, 15) is 0 Å². The number of anilines is 1. The lowest BCUT2D eigenvalue weighted by atomic mass is 10.2. The van der Waals surface area contributed by atoms with Crippen LogP contribution in [0.15, 0.2) is 51.4 Å². The molecule has 3 aromatic heterocycles. The van der Waals surface area contributed by atoms with Crippen molar-refractivity contribution in [1.29, 1.82) is 0 Å². The Bertz CT molecular complexity index is 952. The molecule has 8 heteroatoms. The maximum Gasteiger partial charge on any atom is 0.277 e. The number of hydrogen-bond donors (Lipinski definition) is 1. The first-order valence-corrected chi connectivity index (χ1v) is 8.67. The SMILES string of the molecule is Nc1nc(CSc2nnc(-c3cccs3)o2)nc2ccccc12. The van der Waals surface area contributed by atoms with Crippen molar-refractivity contribution in [2.75, 3.05) is 5.73 Å². The van der Waals surface area contributed by atoms with Gasteiger partial charge in [0.1, 0.15) is 11.6 Å². The standard InChI is InChI=1S/C15H11N5OS2/c16-13-9-4-1-2-5-10(9)17-12(18-13)8-23-15-20-19-14(21-15)11-6-3-7-22-11/h1-7H,8H2,(H2,16,17,18). The monoisotopic (exact) mass is 341 g/mol. The summed E-state index contributed by atoms with van der Waals surface area (Å²) in [5, 5.41) is 11.4. The van der Waals surface area contributed by atoms with E-state index in [1.165, 1.54) is 11.8 Å². The minimum absolute atomic E-state index is 0.482. The van der Waals surface area contributed by atoms with Crippen molar-refractivity contribution in [3.8, 4) is 10.8 Å². The van der Waals surface area contributed by atoms with Gasteiger partial charge in [0.15, 0.2) is 0 Å². The number of fused-ring (bicyclic) bond motifs is 1. The Balaban J connectivity index is 1.53. The summed E-state index contributed by atoms with van der Waals surface area (Å²) in [6, 6.07) is 11.6. The molecule has 0 bridgehead atoms. The Morgan fingerprint density at radius 1 is 1.09 bits per heavy atom. The Hall–Kier alpha value is -2.45. The first-order chi connectivity index (χ1) is 11.3. The van der Waals surface area contributed by atoms with Gasteiger partial charge in [-0.2, -0.15) is 0 Å². The molecule has 0 aliphatic heterocycles. The number of rotatable bonds is 4. The molecule has 2 N–H and O–H groups in total. The highest BCUT2D eigenvalue weighted by Gasteiger charge is 2.11. The minimum Gasteiger partial charge on any atom is -0.410 e. The summed E-state index contributed by atoms with van der Waals surface area (Å²) in [7, 11) is 0. The Kier molecular flexibility index (Phi) is 3.68. The van der Waals surface area contributed by atoms with Gasteiger partial charge < -0.3 is 10.2 Å². The molecule has 0 aliphatic carbocycles. The molecule has 3 heterocycles. The van der Waals surface area contributed by atoms with Crippen LogP contribution in [0.25, 0.3) is 21.7 Å². The lowest BCUT2D eigenvalue weighted by Gasteiger charge is -2.03. The summed E-state index contributed by atoms with van der Waals surface area (Å²) >= 11 is 2.95. The van der Waals surface area contributed by atoms with Gasteiger partial charge in [-0.15, -0.1) is 21.5 Å².